The molecule has 2 aromatic heterocycles. The minimum Gasteiger partial charge on any atom is -0.457 e. The number of carbonyl (C=O) groups is 1. The third-order valence-corrected chi connectivity index (χ3v) is 6.41. The lowest BCUT2D eigenvalue weighted by atomic mass is 9.85. The molecule has 2 N–H and O–H groups in total. The molecule has 0 radical (unpaired) electrons. The van der Waals surface area contributed by atoms with E-state index in [2.05, 4.69) is 11.6 Å². The summed E-state index contributed by atoms with van der Waals surface area (Å²) in [4.78, 5) is 31.5. The molecule has 0 unspecified atom stereocenters. The van der Waals surface area contributed by atoms with Gasteiger partial charge in [0.15, 0.2) is 0 Å². The summed E-state index contributed by atoms with van der Waals surface area (Å²) in [6.07, 6.45) is 4.28. The topological polar surface area (TPSA) is 95.4 Å². The highest BCUT2D eigenvalue weighted by molar-refractivity contribution is 5.88. The zero-order chi connectivity index (χ0) is 23.8. The molecule has 1 aliphatic rings. The molecule has 0 atom stereocenters. The van der Waals surface area contributed by atoms with Crippen LogP contribution in [0.1, 0.15) is 18.9 Å². The van der Waals surface area contributed by atoms with Crippen LogP contribution in [0.15, 0.2) is 84.3 Å². The van der Waals surface area contributed by atoms with Crippen LogP contribution in [0.3, 0.4) is 0 Å². The van der Waals surface area contributed by atoms with Crippen LogP contribution in [-0.4, -0.2) is 38.0 Å². The lowest BCUT2D eigenvalue weighted by Gasteiger charge is -2.41. The number of nitrogens with zero attached hydrogens (tertiary/aromatic N) is 4. The second-order valence-electron chi connectivity index (χ2n) is 8.39. The molecular weight excluding hydrogens is 430 g/mol. The molecule has 0 spiro atoms. The van der Waals surface area contributed by atoms with Crippen LogP contribution < -0.4 is 16.2 Å². The average Bonchev–Trinajstić information content (AvgIpc) is 3.12. The number of anilines is 1. The van der Waals surface area contributed by atoms with Gasteiger partial charge in [-0.2, -0.15) is 0 Å². The van der Waals surface area contributed by atoms with E-state index in [9.17, 15) is 9.59 Å². The first-order valence-electron chi connectivity index (χ1n) is 11.1. The van der Waals surface area contributed by atoms with Crippen molar-refractivity contribution in [2.24, 2.45) is 0 Å². The number of aromatic nitrogens is 3. The number of imidazole rings is 1. The normalized spacial score (nSPS) is 17.2. The molecule has 1 saturated carbocycles. The highest BCUT2D eigenvalue weighted by Gasteiger charge is 2.37. The molecule has 0 saturated heterocycles. The Labute approximate surface area is 196 Å². The number of ether oxygens (including phenoxy) is 1. The predicted octanol–water partition coefficient (Wildman–Crippen LogP) is 3.91. The van der Waals surface area contributed by atoms with Gasteiger partial charge in [-0.05, 0) is 61.4 Å². The molecule has 0 aliphatic heterocycles. The number of nitrogens with two attached hydrogens (primary N) is 1. The van der Waals surface area contributed by atoms with Gasteiger partial charge in [0.05, 0.1) is 11.2 Å². The van der Waals surface area contributed by atoms with Crippen molar-refractivity contribution in [2.45, 2.75) is 24.9 Å². The van der Waals surface area contributed by atoms with Crippen molar-refractivity contribution >= 4 is 22.8 Å². The van der Waals surface area contributed by atoms with Crippen molar-refractivity contribution < 1.29 is 9.53 Å². The van der Waals surface area contributed by atoms with Gasteiger partial charge in [0, 0.05) is 25.3 Å². The van der Waals surface area contributed by atoms with Crippen molar-refractivity contribution in [1.29, 1.82) is 0 Å². The zero-order valence-electron chi connectivity index (χ0n) is 18.8. The molecule has 0 bridgehead atoms. The average molecular weight is 456 g/mol. The summed E-state index contributed by atoms with van der Waals surface area (Å²) in [5.74, 6) is 1.56. The maximum Gasteiger partial charge on any atom is 0.334 e. The first-order chi connectivity index (χ1) is 16.5. The lowest BCUT2D eigenvalue weighted by Crippen LogP contribution is -2.47. The fourth-order valence-corrected chi connectivity index (χ4v) is 4.48. The van der Waals surface area contributed by atoms with Gasteiger partial charge >= 0.3 is 5.69 Å². The molecule has 34 heavy (non-hydrogen) atoms. The second-order valence-corrected chi connectivity index (χ2v) is 8.39. The minimum absolute atomic E-state index is 0.0381. The van der Waals surface area contributed by atoms with Crippen molar-refractivity contribution in [3.05, 3.63) is 90.0 Å². The number of amides is 1. The maximum atomic E-state index is 13.6. The number of likely N-dealkylation sites (N-methyl/N-ethyl adjacent to an activating group) is 1. The van der Waals surface area contributed by atoms with E-state index in [-0.39, 0.29) is 29.5 Å². The van der Waals surface area contributed by atoms with Crippen LogP contribution >= 0.6 is 0 Å². The predicted molar refractivity (Wildman–Crippen MR) is 131 cm³/mol. The van der Waals surface area contributed by atoms with Gasteiger partial charge in [-0.1, -0.05) is 24.8 Å². The van der Waals surface area contributed by atoms with E-state index in [4.69, 9.17) is 10.5 Å². The maximum absolute atomic E-state index is 13.6. The van der Waals surface area contributed by atoms with Crippen LogP contribution in [-0.2, 0) is 4.79 Å². The second kappa shape index (κ2) is 8.55. The van der Waals surface area contributed by atoms with Crippen molar-refractivity contribution in [3.8, 4) is 17.2 Å². The Kier molecular flexibility index (Phi) is 5.41. The van der Waals surface area contributed by atoms with Gasteiger partial charge in [0.1, 0.15) is 22.8 Å². The number of carbonyl (C=O) groups excluding carboxylic acids is 1. The van der Waals surface area contributed by atoms with Crippen molar-refractivity contribution in [2.75, 3.05) is 12.8 Å². The largest absolute Gasteiger partial charge is 0.457 e. The first-order valence-corrected chi connectivity index (χ1v) is 11.1. The fourth-order valence-electron chi connectivity index (χ4n) is 4.48. The standard InChI is InChI=1S/C26H25N5O3/c1-3-23(32)29(2)18-15-19(16-18)30-22-13-14-28-25(27)24(22)31(26(30)33)17-9-11-21(12-10-17)34-20-7-5-4-6-8-20/h3-14,18-19H,1,15-16H2,2H3,(H2,27,28)/t18-,19+. The Morgan fingerprint density at radius 2 is 1.79 bits per heavy atom. The smallest absolute Gasteiger partial charge is 0.334 e. The van der Waals surface area contributed by atoms with E-state index in [0.717, 1.165) is 11.3 Å². The molecular formula is C26H25N5O3. The van der Waals surface area contributed by atoms with E-state index in [0.29, 0.717) is 29.8 Å². The number of nitrogen functional groups attached to an aromatic ring is 1. The van der Waals surface area contributed by atoms with Gasteiger partial charge in [-0.3, -0.25) is 13.9 Å². The van der Waals surface area contributed by atoms with E-state index in [1.807, 2.05) is 60.7 Å². The van der Waals surface area contributed by atoms with Gasteiger partial charge < -0.3 is 15.4 Å². The Hall–Kier alpha value is -4.33. The molecule has 2 aromatic carbocycles. The highest BCUT2D eigenvalue weighted by atomic mass is 16.5. The zero-order valence-corrected chi connectivity index (χ0v) is 18.8. The number of para-hydroxylation sites is 1. The molecule has 2 heterocycles. The SMILES string of the molecule is C=CC(=O)N(C)[C@H]1C[C@@H](n2c(=O)n(-c3ccc(Oc4ccccc4)cc3)c3c(N)nccc32)C1. The van der Waals surface area contributed by atoms with Crippen molar-refractivity contribution in [3.63, 3.8) is 0 Å². The molecule has 5 rings (SSSR count). The minimum atomic E-state index is -0.187. The lowest BCUT2D eigenvalue weighted by molar-refractivity contribution is -0.128. The Morgan fingerprint density at radius 1 is 1.12 bits per heavy atom. The third-order valence-electron chi connectivity index (χ3n) is 6.41. The quantitative estimate of drug-likeness (QED) is 0.445. The molecule has 8 heteroatoms. The summed E-state index contributed by atoms with van der Waals surface area (Å²) in [5, 5.41) is 0. The summed E-state index contributed by atoms with van der Waals surface area (Å²) in [5.41, 5.74) is 8.01. The number of hydrogen-bond acceptors (Lipinski definition) is 5. The molecule has 8 nitrogen and oxygen atoms in total. The molecule has 1 aliphatic carbocycles. The first kappa shape index (κ1) is 21.5. The van der Waals surface area contributed by atoms with Gasteiger partial charge in [0.25, 0.3) is 0 Å². The number of benzene rings is 2. The summed E-state index contributed by atoms with van der Waals surface area (Å²) in [7, 11) is 1.76. The number of fused-ring (bicyclic) bond motifs is 1. The molecule has 4 aromatic rings. The summed E-state index contributed by atoms with van der Waals surface area (Å²) < 4.78 is 9.24. The number of pyridine rings is 1. The Morgan fingerprint density at radius 3 is 2.47 bits per heavy atom. The monoisotopic (exact) mass is 455 g/mol. The number of hydrogen-bond donors (Lipinski definition) is 1. The molecule has 1 amide bonds. The van der Waals surface area contributed by atoms with Crippen molar-refractivity contribution in [1.82, 2.24) is 19.0 Å². The van der Waals surface area contributed by atoms with Gasteiger partial charge in [-0.15, -0.1) is 0 Å². The summed E-state index contributed by atoms with van der Waals surface area (Å²) in [6.45, 7) is 3.55. The summed E-state index contributed by atoms with van der Waals surface area (Å²) >= 11 is 0. The van der Waals surface area contributed by atoms with E-state index < -0.39 is 0 Å². The highest BCUT2D eigenvalue weighted by Crippen LogP contribution is 2.37. The Bertz CT molecular complexity index is 1420. The third kappa shape index (κ3) is 3.63. The van der Waals surface area contributed by atoms with Crippen LogP contribution in [0, 0.1) is 0 Å². The van der Waals surface area contributed by atoms with Gasteiger partial charge in [0.2, 0.25) is 5.91 Å². The van der Waals surface area contributed by atoms with E-state index in [1.54, 1.807) is 27.3 Å². The number of rotatable bonds is 6. The van der Waals surface area contributed by atoms with Crippen LogP contribution in [0.4, 0.5) is 5.82 Å². The van der Waals surface area contributed by atoms with Crippen LogP contribution in [0.2, 0.25) is 0 Å². The summed E-state index contributed by atoms with van der Waals surface area (Å²) in [6, 6.07) is 18.6. The fraction of sp³-hybridized carbons (Fsp3) is 0.192. The molecule has 172 valence electrons. The van der Waals surface area contributed by atoms with Crippen LogP contribution in [0.25, 0.3) is 16.7 Å². The van der Waals surface area contributed by atoms with E-state index in [1.165, 1.54) is 6.08 Å². The van der Waals surface area contributed by atoms with E-state index >= 15 is 0 Å². The molecule has 1 fully saturated rings. The van der Waals surface area contributed by atoms with Crippen LogP contribution in [0.5, 0.6) is 11.5 Å². The Balaban J connectivity index is 1.49. The van der Waals surface area contributed by atoms with Gasteiger partial charge in [-0.25, -0.2) is 9.78 Å².